The Balaban J connectivity index is 1.69. The summed E-state index contributed by atoms with van der Waals surface area (Å²) in [6.07, 6.45) is 3.90. The van der Waals surface area contributed by atoms with E-state index in [-0.39, 0.29) is 5.91 Å². The van der Waals surface area contributed by atoms with E-state index in [1.54, 1.807) is 24.5 Å². The van der Waals surface area contributed by atoms with Crippen LogP contribution in [-0.2, 0) is 11.3 Å². The second kappa shape index (κ2) is 7.62. The fourth-order valence-corrected chi connectivity index (χ4v) is 1.89. The van der Waals surface area contributed by atoms with Gasteiger partial charge >= 0.3 is 0 Å². The zero-order chi connectivity index (χ0) is 14.2. The van der Waals surface area contributed by atoms with Gasteiger partial charge in [0.2, 0.25) is 5.91 Å². The summed E-state index contributed by atoms with van der Waals surface area (Å²) in [6, 6.07) is 11.1. The third kappa shape index (κ3) is 4.64. The monoisotopic (exact) mass is 289 g/mol. The van der Waals surface area contributed by atoms with Crippen molar-refractivity contribution in [2.24, 2.45) is 0 Å². The zero-order valence-electron chi connectivity index (χ0n) is 11.0. The predicted molar refractivity (Wildman–Crippen MR) is 80.6 cm³/mol. The standard InChI is InChI=1S/C15H16ClN3O/c16-13-3-1-2-4-14(13)19-15(20)7-10-18-11-12-5-8-17-9-6-12/h1-6,8-9,18H,7,10-11H2,(H,19,20). The smallest absolute Gasteiger partial charge is 0.225 e. The van der Waals surface area contributed by atoms with Crippen LogP contribution in [0.5, 0.6) is 0 Å². The van der Waals surface area contributed by atoms with E-state index in [9.17, 15) is 4.79 Å². The Morgan fingerprint density at radius 3 is 2.65 bits per heavy atom. The molecule has 0 atom stereocenters. The molecule has 20 heavy (non-hydrogen) atoms. The van der Waals surface area contributed by atoms with Crippen LogP contribution in [-0.4, -0.2) is 17.4 Å². The van der Waals surface area contributed by atoms with E-state index < -0.39 is 0 Å². The van der Waals surface area contributed by atoms with Gasteiger partial charge in [-0.1, -0.05) is 23.7 Å². The number of nitrogens with one attached hydrogen (secondary N) is 2. The fourth-order valence-electron chi connectivity index (χ4n) is 1.71. The average Bonchev–Trinajstić information content (AvgIpc) is 2.47. The summed E-state index contributed by atoms with van der Waals surface area (Å²) in [4.78, 5) is 15.7. The second-order valence-electron chi connectivity index (χ2n) is 4.31. The van der Waals surface area contributed by atoms with Gasteiger partial charge in [0.25, 0.3) is 0 Å². The van der Waals surface area contributed by atoms with E-state index in [0.717, 1.165) is 12.1 Å². The molecule has 2 N–H and O–H groups in total. The van der Waals surface area contributed by atoms with E-state index in [2.05, 4.69) is 15.6 Å². The van der Waals surface area contributed by atoms with Crippen LogP contribution < -0.4 is 10.6 Å². The van der Waals surface area contributed by atoms with Crippen molar-refractivity contribution >= 4 is 23.2 Å². The molecule has 0 unspecified atom stereocenters. The van der Waals surface area contributed by atoms with E-state index >= 15 is 0 Å². The summed E-state index contributed by atoms with van der Waals surface area (Å²) < 4.78 is 0. The van der Waals surface area contributed by atoms with Crippen LogP contribution in [0, 0.1) is 0 Å². The molecule has 0 radical (unpaired) electrons. The Bertz CT molecular complexity index is 560. The summed E-state index contributed by atoms with van der Waals surface area (Å²) in [6.45, 7) is 1.33. The molecule has 0 bridgehead atoms. The first-order valence-electron chi connectivity index (χ1n) is 6.40. The Hall–Kier alpha value is -1.91. The first-order chi connectivity index (χ1) is 9.75. The number of nitrogens with zero attached hydrogens (tertiary/aromatic N) is 1. The highest BCUT2D eigenvalue weighted by Crippen LogP contribution is 2.20. The molecule has 0 saturated heterocycles. The van der Waals surface area contributed by atoms with Gasteiger partial charge in [-0.15, -0.1) is 0 Å². The number of pyridine rings is 1. The van der Waals surface area contributed by atoms with Crippen LogP contribution in [0.25, 0.3) is 0 Å². The van der Waals surface area contributed by atoms with Crippen LogP contribution in [0.1, 0.15) is 12.0 Å². The van der Waals surface area contributed by atoms with Gasteiger partial charge in [-0.05, 0) is 29.8 Å². The van der Waals surface area contributed by atoms with Gasteiger partial charge in [0.15, 0.2) is 0 Å². The molecule has 1 aromatic heterocycles. The molecule has 4 nitrogen and oxygen atoms in total. The molecular formula is C15H16ClN3O. The molecule has 1 heterocycles. The number of hydrogen-bond donors (Lipinski definition) is 2. The van der Waals surface area contributed by atoms with E-state index in [1.807, 2.05) is 24.3 Å². The number of amides is 1. The minimum atomic E-state index is -0.0553. The van der Waals surface area contributed by atoms with Gasteiger partial charge in [0.1, 0.15) is 0 Å². The third-order valence-corrected chi connectivity index (χ3v) is 3.08. The van der Waals surface area contributed by atoms with Crippen molar-refractivity contribution < 1.29 is 4.79 Å². The number of aromatic nitrogens is 1. The van der Waals surface area contributed by atoms with E-state index in [4.69, 9.17) is 11.6 Å². The minimum Gasteiger partial charge on any atom is -0.325 e. The lowest BCUT2D eigenvalue weighted by molar-refractivity contribution is -0.116. The molecule has 0 saturated carbocycles. The third-order valence-electron chi connectivity index (χ3n) is 2.76. The van der Waals surface area contributed by atoms with Gasteiger partial charge in [-0.2, -0.15) is 0 Å². The van der Waals surface area contributed by atoms with Crippen LogP contribution in [0.2, 0.25) is 5.02 Å². The first kappa shape index (κ1) is 14.5. The van der Waals surface area contributed by atoms with E-state index in [0.29, 0.717) is 23.7 Å². The summed E-state index contributed by atoms with van der Waals surface area (Å²) >= 11 is 5.97. The average molecular weight is 290 g/mol. The molecular weight excluding hydrogens is 274 g/mol. The van der Waals surface area contributed by atoms with Crippen LogP contribution in [0.15, 0.2) is 48.8 Å². The molecule has 1 aromatic carbocycles. The van der Waals surface area contributed by atoms with Crippen molar-refractivity contribution in [2.45, 2.75) is 13.0 Å². The lowest BCUT2D eigenvalue weighted by Gasteiger charge is -2.07. The SMILES string of the molecule is O=C(CCNCc1ccncc1)Nc1ccccc1Cl. The lowest BCUT2D eigenvalue weighted by atomic mass is 10.2. The molecule has 104 valence electrons. The van der Waals surface area contributed by atoms with Gasteiger partial charge in [-0.3, -0.25) is 9.78 Å². The molecule has 1 amide bonds. The fraction of sp³-hybridized carbons (Fsp3) is 0.200. The number of rotatable bonds is 6. The van der Waals surface area contributed by atoms with Crippen molar-refractivity contribution in [1.82, 2.24) is 10.3 Å². The molecule has 0 spiro atoms. The number of benzene rings is 1. The highest BCUT2D eigenvalue weighted by atomic mass is 35.5. The largest absolute Gasteiger partial charge is 0.325 e. The van der Waals surface area contributed by atoms with Crippen molar-refractivity contribution in [3.05, 3.63) is 59.4 Å². The maximum Gasteiger partial charge on any atom is 0.225 e. The van der Waals surface area contributed by atoms with Crippen molar-refractivity contribution in [2.75, 3.05) is 11.9 Å². The molecule has 0 aliphatic heterocycles. The highest BCUT2D eigenvalue weighted by molar-refractivity contribution is 6.33. The quantitative estimate of drug-likeness (QED) is 0.804. The van der Waals surface area contributed by atoms with Gasteiger partial charge < -0.3 is 10.6 Å². The summed E-state index contributed by atoms with van der Waals surface area (Å²) in [5, 5.41) is 6.55. The lowest BCUT2D eigenvalue weighted by Crippen LogP contribution is -2.21. The number of carbonyl (C=O) groups is 1. The van der Waals surface area contributed by atoms with Crippen LogP contribution in [0.3, 0.4) is 0 Å². The number of para-hydroxylation sites is 1. The minimum absolute atomic E-state index is 0.0553. The highest BCUT2D eigenvalue weighted by Gasteiger charge is 2.04. The maximum absolute atomic E-state index is 11.8. The zero-order valence-corrected chi connectivity index (χ0v) is 11.7. The van der Waals surface area contributed by atoms with Crippen LogP contribution >= 0.6 is 11.6 Å². The number of halogens is 1. The van der Waals surface area contributed by atoms with Gasteiger partial charge in [-0.25, -0.2) is 0 Å². The van der Waals surface area contributed by atoms with Crippen molar-refractivity contribution in [1.29, 1.82) is 0 Å². The molecule has 0 aliphatic rings. The van der Waals surface area contributed by atoms with Crippen LogP contribution in [0.4, 0.5) is 5.69 Å². The van der Waals surface area contributed by atoms with Gasteiger partial charge in [0.05, 0.1) is 10.7 Å². The molecule has 5 heteroatoms. The second-order valence-corrected chi connectivity index (χ2v) is 4.72. The van der Waals surface area contributed by atoms with Crippen molar-refractivity contribution in [3.8, 4) is 0 Å². The predicted octanol–water partition coefficient (Wildman–Crippen LogP) is 2.85. The Morgan fingerprint density at radius 2 is 1.90 bits per heavy atom. The summed E-state index contributed by atoms with van der Waals surface area (Å²) in [5.74, 6) is -0.0553. The number of carbonyl (C=O) groups excluding carboxylic acids is 1. The maximum atomic E-state index is 11.8. The Morgan fingerprint density at radius 1 is 1.15 bits per heavy atom. The molecule has 0 fully saturated rings. The summed E-state index contributed by atoms with van der Waals surface area (Å²) in [7, 11) is 0. The number of hydrogen-bond acceptors (Lipinski definition) is 3. The normalized spacial score (nSPS) is 10.2. The Kier molecular flexibility index (Phi) is 5.53. The first-order valence-corrected chi connectivity index (χ1v) is 6.77. The van der Waals surface area contributed by atoms with E-state index in [1.165, 1.54) is 0 Å². The molecule has 0 aliphatic carbocycles. The number of anilines is 1. The van der Waals surface area contributed by atoms with Gasteiger partial charge in [0, 0.05) is 31.9 Å². The molecule has 2 rings (SSSR count). The molecule has 2 aromatic rings. The van der Waals surface area contributed by atoms with Crippen molar-refractivity contribution in [3.63, 3.8) is 0 Å². The summed E-state index contributed by atoms with van der Waals surface area (Å²) in [5.41, 5.74) is 1.79. The Labute approximate surface area is 123 Å². The topological polar surface area (TPSA) is 54.0 Å².